The van der Waals surface area contributed by atoms with Crippen LogP contribution in [0.1, 0.15) is 16.9 Å². The number of carbonyl (C=O) groups excluding carboxylic acids is 1. The third kappa shape index (κ3) is 2.67. The fourth-order valence-corrected chi connectivity index (χ4v) is 2.75. The number of β-amino-alcohol motifs (C(OH)–C–C–N with tert-alkyl or cyclic N) is 1. The molecule has 3 aromatic heterocycles. The van der Waals surface area contributed by atoms with Crippen molar-refractivity contribution in [3.8, 4) is 0 Å². The van der Waals surface area contributed by atoms with Crippen LogP contribution in [0.5, 0.6) is 0 Å². The van der Waals surface area contributed by atoms with Crippen molar-refractivity contribution in [2.75, 3.05) is 23.3 Å². The van der Waals surface area contributed by atoms with Gasteiger partial charge in [-0.15, -0.1) is 5.10 Å². The van der Waals surface area contributed by atoms with E-state index in [1.54, 1.807) is 24.4 Å². The zero-order valence-electron chi connectivity index (χ0n) is 12.8. The number of aromatic nitrogens is 4. The van der Waals surface area contributed by atoms with Crippen LogP contribution in [0.4, 0.5) is 11.6 Å². The van der Waals surface area contributed by atoms with Gasteiger partial charge in [0.15, 0.2) is 11.3 Å². The molecule has 4 rings (SSSR count). The van der Waals surface area contributed by atoms with Crippen molar-refractivity contribution in [3.63, 3.8) is 0 Å². The molecule has 0 spiro atoms. The molecule has 0 radical (unpaired) electrons. The van der Waals surface area contributed by atoms with E-state index < -0.39 is 0 Å². The quantitative estimate of drug-likeness (QED) is 0.745. The number of rotatable bonds is 3. The summed E-state index contributed by atoms with van der Waals surface area (Å²) in [6, 6.07) is 8.95. The number of hydrogen-bond acceptors (Lipinski definition) is 6. The first kappa shape index (κ1) is 14.6. The predicted octanol–water partition coefficient (Wildman–Crippen LogP) is 0.948. The minimum atomic E-state index is -0.336. The van der Waals surface area contributed by atoms with E-state index in [4.69, 9.17) is 0 Å². The fraction of sp³-hybridized carbons (Fsp3) is 0.250. The highest BCUT2D eigenvalue weighted by Gasteiger charge is 2.22. The summed E-state index contributed by atoms with van der Waals surface area (Å²) in [6.07, 6.45) is 3.48. The number of pyridine rings is 1. The average Bonchev–Trinajstić information content (AvgIpc) is 3.21. The summed E-state index contributed by atoms with van der Waals surface area (Å²) in [4.78, 5) is 22.8. The van der Waals surface area contributed by atoms with Crippen LogP contribution in [-0.4, -0.2) is 49.8 Å². The number of hydrogen-bond donors (Lipinski definition) is 2. The molecule has 2 N–H and O–H groups in total. The van der Waals surface area contributed by atoms with Gasteiger partial charge in [-0.3, -0.25) is 4.79 Å². The lowest BCUT2D eigenvalue weighted by atomic mass is 10.3. The first-order valence-corrected chi connectivity index (χ1v) is 7.71. The molecule has 0 aromatic carbocycles. The molecule has 0 bridgehead atoms. The van der Waals surface area contributed by atoms with E-state index in [1.165, 1.54) is 10.7 Å². The smallest absolute Gasteiger partial charge is 0.277 e. The maximum atomic E-state index is 12.5. The number of nitrogens with one attached hydrogen (secondary N) is 1. The molecule has 3 aromatic rings. The summed E-state index contributed by atoms with van der Waals surface area (Å²) in [6.45, 7) is 1.28. The van der Waals surface area contributed by atoms with Gasteiger partial charge in [0.1, 0.15) is 11.6 Å². The molecule has 1 fully saturated rings. The molecular formula is C16H16N6O2. The van der Waals surface area contributed by atoms with Crippen molar-refractivity contribution >= 4 is 23.2 Å². The maximum Gasteiger partial charge on any atom is 0.277 e. The van der Waals surface area contributed by atoms with E-state index in [1.807, 2.05) is 17.0 Å². The Morgan fingerprint density at radius 3 is 2.92 bits per heavy atom. The van der Waals surface area contributed by atoms with Crippen LogP contribution >= 0.6 is 0 Å². The number of imidazole rings is 1. The van der Waals surface area contributed by atoms with Gasteiger partial charge in [-0.25, -0.2) is 14.5 Å². The van der Waals surface area contributed by atoms with Crippen LogP contribution in [0.25, 0.3) is 5.65 Å². The number of aliphatic hydroxyl groups excluding tert-OH is 1. The lowest BCUT2D eigenvalue weighted by molar-refractivity contribution is 0.102. The van der Waals surface area contributed by atoms with Crippen molar-refractivity contribution in [1.82, 2.24) is 19.6 Å². The first-order chi connectivity index (χ1) is 11.7. The molecule has 1 aliphatic rings. The summed E-state index contributed by atoms with van der Waals surface area (Å²) < 4.78 is 1.51. The summed E-state index contributed by atoms with van der Waals surface area (Å²) in [5.74, 6) is 0.854. The van der Waals surface area contributed by atoms with Gasteiger partial charge in [0.05, 0.1) is 12.3 Å². The Labute approximate surface area is 137 Å². The van der Waals surface area contributed by atoms with Crippen molar-refractivity contribution in [1.29, 1.82) is 0 Å². The second kappa shape index (κ2) is 5.89. The highest BCUT2D eigenvalue weighted by Crippen LogP contribution is 2.19. The molecule has 122 valence electrons. The highest BCUT2D eigenvalue weighted by molar-refractivity contribution is 6.02. The predicted molar refractivity (Wildman–Crippen MR) is 88.0 cm³/mol. The van der Waals surface area contributed by atoms with E-state index >= 15 is 0 Å². The minimum absolute atomic E-state index is 0.327. The number of nitrogens with zero attached hydrogens (tertiary/aromatic N) is 5. The van der Waals surface area contributed by atoms with Crippen molar-refractivity contribution in [2.24, 2.45) is 0 Å². The summed E-state index contributed by atoms with van der Waals surface area (Å²) in [5.41, 5.74) is 0.918. The largest absolute Gasteiger partial charge is 0.391 e. The van der Waals surface area contributed by atoms with E-state index in [-0.39, 0.29) is 12.0 Å². The topological polar surface area (TPSA) is 95.7 Å². The summed E-state index contributed by atoms with van der Waals surface area (Å²) in [5, 5.41) is 16.9. The normalized spacial score (nSPS) is 17.4. The van der Waals surface area contributed by atoms with Gasteiger partial charge in [-0.1, -0.05) is 6.07 Å². The van der Waals surface area contributed by atoms with E-state index in [0.717, 1.165) is 13.0 Å². The molecule has 8 heteroatoms. The van der Waals surface area contributed by atoms with Gasteiger partial charge in [-0.2, -0.15) is 0 Å². The standard InChI is InChI=1S/C16H16N6O2/c23-11-6-8-21(10-11)15-5-4-14-18-9-12(22(14)20-15)16(24)19-13-3-1-2-7-17-13/h1-5,7,9,11,23H,6,8,10H2,(H,17,19,24)/t11-/m0/s1. The Morgan fingerprint density at radius 2 is 2.17 bits per heavy atom. The Balaban J connectivity index is 1.64. The van der Waals surface area contributed by atoms with Gasteiger partial charge >= 0.3 is 0 Å². The number of carbonyl (C=O) groups is 1. The molecule has 8 nitrogen and oxygen atoms in total. The summed E-state index contributed by atoms with van der Waals surface area (Å²) >= 11 is 0. The molecule has 24 heavy (non-hydrogen) atoms. The first-order valence-electron chi connectivity index (χ1n) is 7.71. The third-order valence-electron chi connectivity index (χ3n) is 3.97. The second-order valence-corrected chi connectivity index (χ2v) is 5.66. The minimum Gasteiger partial charge on any atom is -0.391 e. The zero-order valence-corrected chi connectivity index (χ0v) is 12.8. The van der Waals surface area contributed by atoms with Crippen LogP contribution in [-0.2, 0) is 0 Å². The van der Waals surface area contributed by atoms with Gasteiger partial charge in [0.2, 0.25) is 0 Å². The Bertz CT molecular complexity index is 879. The average molecular weight is 324 g/mol. The van der Waals surface area contributed by atoms with Gasteiger partial charge in [-0.05, 0) is 30.7 Å². The van der Waals surface area contributed by atoms with Gasteiger partial charge < -0.3 is 15.3 Å². The SMILES string of the molecule is O=C(Nc1ccccn1)c1cnc2ccc(N3CC[C@H](O)C3)nn12. The molecule has 1 saturated heterocycles. The molecule has 0 saturated carbocycles. The number of amides is 1. The lowest BCUT2D eigenvalue weighted by Gasteiger charge is -2.16. The molecule has 0 aliphatic carbocycles. The molecule has 1 amide bonds. The van der Waals surface area contributed by atoms with Gasteiger partial charge in [0.25, 0.3) is 5.91 Å². The third-order valence-corrected chi connectivity index (χ3v) is 3.97. The Kier molecular flexibility index (Phi) is 3.58. The lowest BCUT2D eigenvalue weighted by Crippen LogP contribution is -2.23. The van der Waals surface area contributed by atoms with Crippen LogP contribution in [0.3, 0.4) is 0 Å². The van der Waals surface area contributed by atoms with Crippen LogP contribution < -0.4 is 10.2 Å². The van der Waals surface area contributed by atoms with Crippen LogP contribution in [0.15, 0.2) is 42.7 Å². The van der Waals surface area contributed by atoms with Crippen LogP contribution in [0, 0.1) is 0 Å². The van der Waals surface area contributed by atoms with Crippen LogP contribution in [0.2, 0.25) is 0 Å². The Hall–Kier alpha value is -3.00. The number of anilines is 2. The van der Waals surface area contributed by atoms with Crippen molar-refractivity contribution < 1.29 is 9.90 Å². The molecule has 1 atom stereocenters. The number of aliphatic hydroxyl groups is 1. The fourth-order valence-electron chi connectivity index (χ4n) is 2.75. The van der Waals surface area contributed by atoms with Crippen molar-refractivity contribution in [3.05, 3.63) is 48.4 Å². The Morgan fingerprint density at radius 1 is 1.25 bits per heavy atom. The monoisotopic (exact) mass is 324 g/mol. The van der Waals surface area contributed by atoms with E-state index in [0.29, 0.717) is 29.5 Å². The molecule has 4 heterocycles. The summed E-state index contributed by atoms with van der Waals surface area (Å²) in [7, 11) is 0. The van der Waals surface area contributed by atoms with E-state index in [9.17, 15) is 9.90 Å². The highest BCUT2D eigenvalue weighted by atomic mass is 16.3. The molecule has 0 unspecified atom stereocenters. The zero-order chi connectivity index (χ0) is 16.5. The van der Waals surface area contributed by atoms with Crippen molar-refractivity contribution in [2.45, 2.75) is 12.5 Å². The van der Waals surface area contributed by atoms with Gasteiger partial charge in [0, 0.05) is 19.3 Å². The molecular weight excluding hydrogens is 308 g/mol. The van der Waals surface area contributed by atoms with E-state index in [2.05, 4.69) is 20.4 Å². The molecule has 1 aliphatic heterocycles. The maximum absolute atomic E-state index is 12.5. The number of fused-ring (bicyclic) bond motifs is 1. The second-order valence-electron chi connectivity index (χ2n) is 5.66.